The van der Waals surface area contributed by atoms with E-state index in [-0.39, 0.29) is 6.42 Å². The molecule has 0 bridgehead atoms. The lowest BCUT2D eigenvalue weighted by Crippen LogP contribution is -2.24. The maximum absolute atomic E-state index is 12.1. The number of nitrogens with one attached hydrogen (secondary N) is 2. The second-order valence-corrected chi connectivity index (χ2v) is 9.49. The van der Waals surface area contributed by atoms with Gasteiger partial charge in [-0.2, -0.15) is 10.4 Å². The molecule has 8 nitrogen and oxygen atoms in total. The van der Waals surface area contributed by atoms with Crippen LogP contribution in [0.1, 0.15) is 23.1 Å². The summed E-state index contributed by atoms with van der Waals surface area (Å²) < 4.78 is 12.8. The zero-order valence-electron chi connectivity index (χ0n) is 18.5. The first-order valence-electron chi connectivity index (χ1n) is 10.2. The number of hydrogen-bond donors (Lipinski definition) is 2. The van der Waals surface area contributed by atoms with Gasteiger partial charge in [-0.1, -0.05) is 18.2 Å². The first-order chi connectivity index (χ1) is 16.9. The van der Waals surface area contributed by atoms with Crippen LogP contribution in [0, 0.1) is 18.5 Å². The largest absolute Gasteiger partial charge is 0.497 e. The Kier molecular flexibility index (Phi) is 9.86. The van der Waals surface area contributed by atoms with Gasteiger partial charge in [-0.15, -0.1) is 0 Å². The van der Waals surface area contributed by atoms with E-state index in [2.05, 4.69) is 67.1 Å². The smallest absolute Gasteiger partial charge is 0.249 e. The fourth-order valence-electron chi connectivity index (χ4n) is 2.89. The lowest BCUT2D eigenvalue weighted by Gasteiger charge is -2.11. The number of ether oxygens (including phenoxy) is 2. The number of nitrogens with zero attached hydrogens (tertiary/aromatic N) is 2. The van der Waals surface area contributed by atoms with Gasteiger partial charge in [0.05, 0.1) is 32.1 Å². The number of rotatable bonds is 9. The maximum Gasteiger partial charge on any atom is 0.249 e. The molecule has 35 heavy (non-hydrogen) atoms. The Morgan fingerprint density at radius 1 is 1.06 bits per heavy atom. The van der Waals surface area contributed by atoms with Crippen molar-refractivity contribution in [1.29, 1.82) is 5.26 Å². The SMILES string of the molecule is COc1cccc(NC(=O)CC(=O)NN=Cc2cc(I)c(OCc3ccc(C#N)cc3)c(I)c2)c1. The monoisotopic (exact) mass is 694 g/mol. The Morgan fingerprint density at radius 3 is 2.43 bits per heavy atom. The minimum absolute atomic E-state index is 0.369. The van der Waals surface area contributed by atoms with Crippen LogP contribution < -0.4 is 20.2 Å². The molecular weight excluding hydrogens is 674 g/mol. The Labute approximate surface area is 230 Å². The third kappa shape index (κ3) is 8.22. The van der Waals surface area contributed by atoms with Crippen molar-refractivity contribution in [3.63, 3.8) is 0 Å². The molecule has 3 rings (SSSR count). The van der Waals surface area contributed by atoms with Crippen molar-refractivity contribution in [3.05, 3.63) is 84.5 Å². The minimum atomic E-state index is -0.534. The molecule has 178 valence electrons. The van der Waals surface area contributed by atoms with Crippen molar-refractivity contribution in [2.24, 2.45) is 5.10 Å². The number of methoxy groups -OCH3 is 1. The van der Waals surface area contributed by atoms with Gasteiger partial charge in [-0.3, -0.25) is 9.59 Å². The van der Waals surface area contributed by atoms with Gasteiger partial charge >= 0.3 is 0 Å². The summed E-state index contributed by atoms with van der Waals surface area (Å²) in [6.45, 7) is 0.374. The van der Waals surface area contributed by atoms with Crippen molar-refractivity contribution in [1.82, 2.24) is 5.43 Å². The van der Waals surface area contributed by atoms with Crippen LogP contribution in [-0.4, -0.2) is 25.1 Å². The summed E-state index contributed by atoms with van der Waals surface area (Å²) >= 11 is 4.36. The van der Waals surface area contributed by atoms with Crippen molar-refractivity contribution in [3.8, 4) is 17.6 Å². The molecule has 3 aromatic rings. The standard InChI is InChI=1S/C25H20I2N4O4/c1-34-20-4-2-3-19(11-20)30-23(32)12-24(33)31-29-14-18-9-21(26)25(22(27)10-18)35-15-17-7-5-16(13-28)6-8-17/h2-11,14H,12,15H2,1H3,(H,30,32)(H,31,33). The number of benzene rings is 3. The van der Waals surface area contributed by atoms with E-state index < -0.39 is 11.8 Å². The molecule has 3 aromatic carbocycles. The second kappa shape index (κ2) is 13.1. The quantitative estimate of drug-likeness (QED) is 0.144. The van der Waals surface area contributed by atoms with E-state index in [9.17, 15) is 9.59 Å². The fourth-order valence-corrected chi connectivity index (χ4v) is 5.02. The number of hydrogen-bond acceptors (Lipinski definition) is 6. The summed E-state index contributed by atoms with van der Waals surface area (Å²) in [5.41, 5.74) is 5.23. The Hall–Kier alpha value is -3.18. The van der Waals surface area contributed by atoms with E-state index in [0.717, 1.165) is 24.0 Å². The normalized spacial score (nSPS) is 10.5. The lowest BCUT2D eigenvalue weighted by atomic mass is 10.1. The third-order valence-electron chi connectivity index (χ3n) is 4.56. The van der Waals surface area contributed by atoms with Crippen LogP contribution >= 0.6 is 45.2 Å². The van der Waals surface area contributed by atoms with Crippen molar-refractivity contribution in [2.45, 2.75) is 13.0 Å². The van der Waals surface area contributed by atoms with Gasteiger partial charge in [-0.25, -0.2) is 5.43 Å². The van der Waals surface area contributed by atoms with Crippen LogP contribution in [0.15, 0.2) is 65.8 Å². The average Bonchev–Trinajstić information content (AvgIpc) is 2.84. The molecule has 0 saturated carbocycles. The van der Waals surface area contributed by atoms with Crippen LogP contribution in [0.2, 0.25) is 0 Å². The summed E-state index contributed by atoms with van der Waals surface area (Å²) in [6.07, 6.45) is 1.14. The molecule has 0 spiro atoms. The molecule has 10 heteroatoms. The molecule has 0 aromatic heterocycles. The highest BCUT2D eigenvalue weighted by Crippen LogP contribution is 2.29. The zero-order chi connectivity index (χ0) is 25.2. The number of halogens is 2. The average molecular weight is 694 g/mol. The number of hydrazone groups is 1. The van der Waals surface area contributed by atoms with E-state index >= 15 is 0 Å². The maximum atomic E-state index is 12.1. The van der Waals surface area contributed by atoms with Gasteiger partial charge in [0.1, 0.15) is 24.5 Å². The zero-order valence-corrected chi connectivity index (χ0v) is 22.9. The number of carbonyl (C=O) groups is 2. The Morgan fingerprint density at radius 2 is 1.77 bits per heavy atom. The Bertz CT molecular complexity index is 1260. The molecule has 0 radical (unpaired) electrons. The molecule has 0 aliphatic carbocycles. The molecular formula is C25H20I2N4O4. The van der Waals surface area contributed by atoms with Crippen LogP contribution in [-0.2, 0) is 16.2 Å². The predicted octanol–water partition coefficient (Wildman–Crippen LogP) is 4.83. The molecule has 0 atom stereocenters. The molecule has 2 N–H and O–H groups in total. The summed E-state index contributed by atoms with van der Waals surface area (Å²) in [5.74, 6) is 0.352. The van der Waals surface area contributed by atoms with Crippen molar-refractivity contribution >= 4 is 68.9 Å². The van der Waals surface area contributed by atoms with Gasteiger partial charge < -0.3 is 14.8 Å². The van der Waals surface area contributed by atoms with Gasteiger partial charge in [0.2, 0.25) is 11.8 Å². The second-order valence-electron chi connectivity index (χ2n) is 7.16. The Balaban J connectivity index is 1.52. The van der Waals surface area contributed by atoms with Crippen molar-refractivity contribution in [2.75, 3.05) is 12.4 Å². The molecule has 0 aliphatic heterocycles. The van der Waals surface area contributed by atoms with E-state index in [1.54, 1.807) is 36.4 Å². The van der Waals surface area contributed by atoms with Gasteiger partial charge in [0, 0.05) is 11.8 Å². The van der Waals surface area contributed by atoms with Gasteiger partial charge in [-0.05, 0) is 92.7 Å². The molecule has 0 fully saturated rings. The van der Waals surface area contributed by atoms with E-state index in [1.165, 1.54) is 13.3 Å². The number of anilines is 1. The molecule has 0 saturated heterocycles. The lowest BCUT2D eigenvalue weighted by molar-refractivity contribution is -0.126. The minimum Gasteiger partial charge on any atom is -0.497 e. The fraction of sp³-hybridized carbons (Fsp3) is 0.120. The number of nitriles is 1. The highest BCUT2D eigenvalue weighted by molar-refractivity contribution is 14.1. The van der Waals surface area contributed by atoms with Gasteiger partial charge in [0.25, 0.3) is 0 Å². The van der Waals surface area contributed by atoms with Crippen LogP contribution in [0.25, 0.3) is 0 Å². The first kappa shape index (κ1) is 26.4. The summed E-state index contributed by atoms with van der Waals surface area (Å²) in [7, 11) is 1.53. The molecule has 0 unspecified atom stereocenters. The highest BCUT2D eigenvalue weighted by Gasteiger charge is 2.11. The van der Waals surface area contributed by atoms with Gasteiger partial charge in [0.15, 0.2) is 0 Å². The third-order valence-corrected chi connectivity index (χ3v) is 6.17. The topological polar surface area (TPSA) is 113 Å². The molecule has 0 heterocycles. The predicted molar refractivity (Wildman–Crippen MR) is 149 cm³/mol. The molecule has 0 aliphatic rings. The summed E-state index contributed by atoms with van der Waals surface area (Å²) in [6, 6.07) is 19.9. The molecule has 2 amide bonds. The highest BCUT2D eigenvalue weighted by atomic mass is 127. The van der Waals surface area contributed by atoms with Crippen LogP contribution in [0.3, 0.4) is 0 Å². The van der Waals surface area contributed by atoms with Crippen LogP contribution in [0.5, 0.6) is 11.5 Å². The summed E-state index contributed by atoms with van der Waals surface area (Å²) in [4.78, 5) is 24.1. The number of amides is 2. The first-order valence-corrected chi connectivity index (χ1v) is 12.4. The van der Waals surface area contributed by atoms with E-state index in [0.29, 0.717) is 23.6 Å². The van der Waals surface area contributed by atoms with E-state index in [1.807, 2.05) is 24.3 Å². The van der Waals surface area contributed by atoms with E-state index in [4.69, 9.17) is 14.7 Å². The van der Waals surface area contributed by atoms with Crippen LogP contribution in [0.4, 0.5) is 5.69 Å². The van der Waals surface area contributed by atoms with Crippen molar-refractivity contribution < 1.29 is 19.1 Å². The summed E-state index contributed by atoms with van der Waals surface area (Å²) in [5, 5.41) is 15.5. The number of carbonyl (C=O) groups excluding carboxylic acids is 2.